The zero-order valence-corrected chi connectivity index (χ0v) is 9.19. The number of carbonyl (C=O) groups excluding carboxylic acids is 1. The summed E-state index contributed by atoms with van der Waals surface area (Å²) in [4.78, 5) is 14.2. The van der Waals surface area contributed by atoms with Crippen LogP contribution in [0.25, 0.3) is 0 Å². The van der Waals surface area contributed by atoms with Crippen molar-refractivity contribution in [3.8, 4) is 5.75 Å². The lowest BCUT2D eigenvalue weighted by Gasteiger charge is -2.34. The lowest BCUT2D eigenvalue weighted by molar-refractivity contribution is -0.131. The molecule has 2 aliphatic rings. The van der Waals surface area contributed by atoms with Crippen molar-refractivity contribution in [2.45, 2.75) is 12.0 Å². The number of amides is 1. The van der Waals surface area contributed by atoms with E-state index >= 15 is 0 Å². The van der Waals surface area contributed by atoms with Crippen molar-refractivity contribution < 1.29 is 9.53 Å². The van der Waals surface area contributed by atoms with E-state index in [1.807, 2.05) is 31.3 Å². The molecule has 0 radical (unpaired) electrons. The first-order valence-electron chi connectivity index (χ1n) is 5.48. The number of benzene rings is 1. The SMILES string of the molecule is CN1CCC2(C1)Oc1ccccc1NC2=O. The van der Waals surface area contributed by atoms with E-state index < -0.39 is 5.60 Å². The molecule has 1 N–H and O–H groups in total. The van der Waals surface area contributed by atoms with Crippen LogP contribution in [0.15, 0.2) is 24.3 Å². The number of anilines is 1. The first-order valence-corrected chi connectivity index (χ1v) is 5.48. The Hall–Kier alpha value is -1.55. The summed E-state index contributed by atoms with van der Waals surface area (Å²) in [7, 11) is 2.01. The molecule has 1 aromatic rings. The summed E-state index contributed by atoms with van der Waals surface area (Å²) in [6.07, 6.45) is 0.754. The minimum atomic E-state index is -0.677. The van der Waals surface area contributed by atoms with Crippen molar-refractivity contribution in [1.29, 1.82) is 0 Å². The molecule has 0 bridgehead atoms. The fraction of sp³-hybridized carbons (Fsp3) is 0.417. The Kier molecular flexibility index (Phi) is 1.94. The van der Waals surface area contributed by atoms with Gasteiger partial charge in [-0.2, -0.15) is 0 Å². The lowest BCUT2D eigenvalue weighted by atomic mass is 9.99. The molecule has 1 saturated heterocycles. The standard InChI is InChI=1S/C12H14N2O2/c1-14-7-6-12(8-14)11(15)13-9-4-2-3-5-10(9)16-12/h2-5H,6-8H2,1H3,(H,13,15). The molecule has 0 saturated carbocycles. The highest BCUT2D eigenvalue weighted by molar-refractivity contribution is 6.01. The van der Waals surface area contributed by atoms with Crippen molar-refractivity contribution >= 4 is 11.6 Å². The van der Waals surface area contributed by atoms with E-state index in [0.29, 0.717) is 6.54 Å². The largest absolute Gasteiger partial charge is 0.474 e. The number of nitrogens with one attached hydrogen (secondary N) is 1. The Morgan fingerprint density at radius 3 is 3.00 bits per heavy atom. The highest BCUT2D eigenvalue weighted by Gasteiger charge is 2.48. The van der Waals surface area contributed by atoms with Gasteiger partial charge < -0.3 is 15.0 Å². The molecule has 1 amide bonds. The second kappa shape index (κ2) is 3.22. The van der Waals surface area contributed by atoms with Gasteiger partial charge in [0.25, 0.3) is 5.91 Å². The van der Waals surface area contributed by atoms with E-state index in [0.717, 1.165) is 24.4 Å². The molecule has 4 heteroatoms. The second-order valence-corrected chi connectivity index (χ2v) is 4.53. The van der Waals surface area contributed by atoms with Crippen molar-refractivity contribution in [2.75, 3.05) is 25.5 Å². The number of nitrogens with zero attached hydrogens (tertiary/aromatic N) is 1. The number of rotatable bonds is 0. The van der Waals surface area contributed by atoms with Gasteiger partial charge in [0, 0.05) is 19.5 Å². The minimum Gasteiger partial charge on any atom is -0.474 e. The Labute approximate surface area is 94.2 Å². The van der Waals surface area contributed by atoms with E-state index in [1.54, 1.807) is 0 Å². The van der Waals surface area contributed by atoms with Crippen LogP contribution >= 0.6 is 0 Å². The molecule has 2 aliphatic heterocycles. The summed E-state index contributed by atoms with van der Waals surface area (Å²) in [6.45, 7) is 1.56. The molecule has 1 unspecified atom stereocenters. The lowest BCUT2D eigenvalue weighted by Crippen LogP contribution is -2.52. The Morgan fingerprint density at radius 2 is 2.25 bits per heavy atom. The molecular weight excluding hydrogens is 204 g/mol. The van der Waals surface area contributed by atoms with Crippen LogP contribution in [0.2, 0.25) is 0 Å². The maximum Gasteiger partial charge on any atom is 0.270 e. The van der Waals surface area contributed by atoms with Crippen molar-refractivity contribution in [3.05, 3.63) is 24.3 Å². The molecule has 1 spiro atoms. The molecule has 3 rings (SSSR count). The van der Waals surface area contributed by atoms with Crippen LogP contribution in [0.5, 0.6) is 5.75 Å². The quantitative estimate of drug-likeness (QED) is 0.708. The summed E-state index contributed by atoms with van der Waals surface area (Å²) in [6, 6.07) is 7.57. The van der Waals surface area contributed by atoms with Crippen LogP contribution in [0.1, 0.15) is 6.42 Å². The average molecular weight is 218 g/mol. The zero-order valence-electron chi connectivity index (χ0n) is 9.19. The van der Waals surface area contributed by atoms with Crippen LogP contribution in [-0.4, -0.2) is 36.5 Å². The molecular formula is C12H14N2O2. The predicted molar refractivity (Wildman–Crippen MR) is 60.5 cm³/mol. The molecule has 1 atom stereocenters. The van der Waals surface area contributed by atoms with Gasteiger partial charge in [0.05, 0.1) is 5.69 Å². The number of carbonyl (C=O) groups is 1. The van der Waals surface area contributed by atoms with E-state index in [2.05, 4.69) is 10.2 Å². The number of likely N-dealkylation sites (N-methyl/N-ethyl adjacent to an activating group) is 1. The maximum absolute atomic E-state index is 12.1. The summed E-state index contributed by atoms with van der Waals surface area (Å²) in [5.41, 5.74) is 0.0935. The zero-order chi connectivity index (χ0) is 11.2. The predicted octanol–water partition coefficient (Wildman–Crippen LogP) is 1.09. The van der Waals surface area contributed by atoms with Gasteiger partial charge in [-0.15, -0.1) is 0 Å². The number of likely N-dealkylation sites (tertiary alicyclic amines) is 1. The van der Waals surface area contributed by atoms with Crippen molar-refractivity contribution in [2.24, 2.45) is 0 Å². The van der Waals surface area contributed by atoms with Gasteiger partial charge in [-0.05, 0) is 19.2 Å². The maximum atomic E-state index is 12.1. The van der Waals surface area contributed by atoms with Gasteiger partial charge in [0.2, 0.25) is 5.60 Å². The molecule has 1 fully saturated rings. The van der Waals surface area contributed by atoms with Gasteiger partial charge in [-0.3, -0.25) is 4.79 Å². The molecule has 4 nitrogen and oxygen atoms in total. The Balaban J connectivity index is 1.98. The van der Waals surface area contributed by atoms with Crippen molar-refractivity contribution in [1.82, 2.24) is 4.90 Å². The summed E-state index contributed by atoms with van der Waals surface area (Å²) in [5, 5.41) is 2.92. The van der Waals surface area contributed by atoms with E-state index in [9.17, 15) is 4.79 Å². The molecule has 84 valence electrons. The van der Waals surface area contributed by atoms with Crippen LogP contribution < -0.4 is 10.1 Å². The molecule has 2 heterocycles. The second-order valence-electron chi connectivity index (χ2n) is 4.53. The number of ether oxygens (including phenoxy) is 1. The number of fused-ring (bicyclic) bond motifs is 1. The summed E-state index contributed by atoms with van der Waals surface area (Å²) >= 11 is 0. The Morgan fingerprint density at radius 1 is 1.44 bits per heavy atom. The third-order valence-corrected chi connectivity index (χ3v) is 3.28. The Bertz CT molecular complexity index is 446. The first-order chi connectivity index (χ1) is 7.70. The minimum absolute atomic E-state index is 0.0180. The first kappa shape index (κ1) is 9.66. The van der Waals surface area contributed by atoms with Gasteiger partial charge >= 0.3 is 0 Å². The van der Waals surface area contributed by atoms with Gasteiger partial charge in [0.1, 0.15) is 5.75 Å². The third-order valence-electron chi connectivity index (χ3n) is 3.28. The van der Waals surface area contributed by atoms with Gasteiger partial charge in [0.15, 0.2) is 0 Å². The van der Waals surface area contributed by atoms with Crippen LogP contribution in [0, 0.1) is 0 Å². The molecule has 1 aromatic carbocycles. The number of para-hydroxylation sites is 2. The van der Waals surface area contributed by atoms with Crippen molar-refractivity contribution in [3.63, 3.8) is 0 Å². The molecule has 16 heavy (non-hydrogen) atoms. The fourth-order valence-corrected chi connectivity index (χ4v) is 2.39. The highest BCUT2D eigenvalue weighted by atomic mass is 16.5. The number of hydrogen-bond acceptors (Lipinski definition) is 3. The average Bonchev–Trinajstić information content (AvgIpc) is 2.63. The van der Waals surface area contributed by atoms with Crippen LogP contribution in [0.3, 0.4) is 0 Å². The highest BCUT2D eigenvalue weighted by Crippen LogP contribution is 2.37. The smallest absolute Gasteiger partial charge is 0.270 e. The summed E-state index contributed by atoms with van der Waals surface area (Å²) < 4.78 is 5.91. The van der Waals surface area contributed by atoms with E-state index in [1.165, 1.54) is 0 Å². The van der Waals surface area contributed by atoms with Crippen LogP contribution in [0.4, 0.5) is 5.69 Å². The van der Waals surface area contributed by atoms with E-state index in [4.69, 9.17) is 4.74 Å². The van der Waals surface area contributed by atoms with Gasteiger partial charge in [-0.25, -0.2) is 0 Å². The van der Waals surface area contributed by atoms with Gasteiger partial charge in [-0.1, -0.05) is 12.1 Å². The van der Waals surface area contributed by atoms with Crippen LogP contribution in [-0.2, 0) is 4.79 Å². The monoisotopic (exact) mass is 218 g/mol. The fourth-order valence-electron chi connectivity index (χ4n) is 2.39. The topological polar surface area (TPSA) is 41.6 Å². The molecule has 0 aromatic heterocycles. The summed E-state index contributed by atoms with van der Waals surface area (Å²) in [5.74, 6) is 0.757. The normalized spacial score (nSPS) is 28.7. The number of hydrogen-bond donors (Lipinski definition) is 1. The third kappa shape index (κ3) is 1.30. The molecule has 0 aliphatic carbocycles. The van der Waals surface area contributed by atoms with E-state index in [-0.39, 0.29) is 5.91 Å².